The summed E-state index contributed by atoms with van der Waals surface area (Å²) in [5, 5.41) is 7.45. The summed E-state index contributed by atoms with van der Waals surface area (Å²) >= 11 is 1.59. The minimum atomic E-state index is -0.305. The molecule has 4 rings (SSSR count). The molecular formula is C20H17N5O2S. The van der Waals surface area contributed by atoms with Gasteiger partial charge in [-0.15, -0.1) is 11.8 Å². The molecule has 1 N–H and O–H groups in total. The van der Waals surface area contributed by atoms with Gasteiger partial charge >= 0.3 is 0 Å². The van der Waals surface area contributed by atoms with Gasteiger partial charge < -0.3 is 5.32 Å². The number of hydrogen-bond donors (Lipinski definition) is 1. The van der Waals surface area contributed by atoms with E-state index in [-0.39, 0.29) is 18.0 Å². The predicted octanol–water partition coefficient (Wildman–Crippen LogP) is 2.94. The van der Waals surface area contributed by atoms with Crippen molar-refractivity contribution in [3.05, 3.63) is 77.5 Å². The van der Waals surface area contributed by atoms with Crippen LogP contribution in [0.2, 0.25) is 0 Å². The minimum absolute atomic E-state index is 0.123. The Kier molecular flexibility index (Phi) is 4.94. The van der Waals surface area contributed by atoms with E-state index in [9.17, 15) is 9.59 Å². The van der Waals surface area contributed by atoms with E-state index in [4.69, 9.17) is 0 Å². The Morgan fingerprint density at radius 3 is 2.75 bits per heavy atom. The number of carbonyl (C=O) groups is 1. The monoisotopic (exact) mass is 391 g/mol. The van der Waals surface area contributed by atoms with Crippen molar-refractivity contribution >= 4 is 34.4 Å². The van der Waals surface area contributed by atoms with E-state index in [0.717, 1.165) is 10.6 Å². The Morgan fingerprint density at radius 1 is 1.14 bits per heavy atom. The van der Waals surface area contributed by atoms with Crippen molar-refractivity contribution < 1.29 is 4.79 Å². The van der Waals surface area contributed by atoms with E-state index >= 15 is 0 Å². The average Bonchev–Trinajstić information content (AvgIpc) is 3.16. The first-order chi connectivity index (χ1) is 13.7. The lowest BCUT2D eigenvalue weighted by atomic mass is 10.3. The molecule has 4 aromatic rings. The quantitative estimate of drug-likeness (QED) is 0.529. The third-order valence-electron chi connectivity index (χ3n) is 4.22. The summed E-state index contributed by atoms with van der Waals surface area (Å²) in [6.07, 6.45) is 4.83. The number of hydrogen-bond acceptors (Lipinski definition) is 5. The van der Waals surface area contributed by atoms with Crippen molar-refractivity contribution in [1.82, 2.24) is 19.3 Å². The molecule has 1 amide bonds. The van der Waals surface area contributed by atoms with Crippen LogP contribution in [0.4, 0.5) is 5.69 Å². The standard InChI is InChI=1S/C20H17N5O2S/c1-28-16-9-5-6-14(10-16)23-18(26)12-24-13-21-19-17(20(24)27)11-22-25(19)15-7-3-2-4-8-15/h2-11,13H,12H2,1H3,(H,23,26). The Balaban J connectivity index is 1.59. The van der Waals surface area contributed by atoms with Crippen molar-refractivity contribution in [3.63, 3.8) is 0 Å². The molecule has 28 heavy (non-hydrogen) atoms. The summed E-state index contributed by atoms with van der Waals surface area (Å²) in [4.78, 5) is 30.5. The molecule has 2 aromatic carbocycles. The SMILES string of the molecule is CSc1cccc(NC(=O)Cn2cnc3c(cnn3-c3ccccc3)c2=O)c1. The van der Waals surface area contributed by atoms with Gasteiger partial charge in [0.1, 0.15) is 18.3 Å². The fraction of sp³-hybridized carbons (Fsp3) is 0.100. The highest BCUT2D eigenvalue weighted by atomic mass is 32.2. The van der Waals surface area contributed by atoms with Crippen LogP contribution in [-0.2, 0) is 11.3 Å². The topological polar surface area (TPSA) is 81.8 Å². The van der Waals surface area contributed by atoms with E-state index in [0.29, 0.717) is 16.7 Å². The third kappa shape index (κ3) is 3.54. The van der Waals surface area contributed by atoms with Gasteiger partial charge in [0.2, 0.25) is 5.91 Å². The third-order valence-corrected chi connectivity index (χ3v) is 4.95. The van der Waals surface area contributed by atoms with E-state index in [1.165, 1.54) is 17.1 Å². The van der Waals surface area contributed by atoms with Crippen molar-refractivity contribution in [2.45, 2.75) is 11.4 Å². The zero-order chi connectivity index (χ0) is 19.5. The molecule has 0 atom stereocenters. The summed E-state index contributed by atoms with van der Waals surface area (Å²) in [7, 11) is 0. The lowest BCUT2D eigenvalue weighted by molar-refractivity contribution is -0.116. The van der Waals surface area contributed by atoms with Gasteiger partial charge in [-0.2, -0.15) is 5.10 Å². The number of nitrogens with one attached hydrogen (secondary N) is 1. The molecule has 140 valence electrons. The second-order valence-corrected chi connectivity index (χ2v) is 6.97. The number of benzene rings is 2. The second-order valence-electron chi connectivity index (χ2n) is 6.09. The summed E-state index contributed by atoms with van der Waals surface area (Å²) in [5.41, 5.74) is 1.66. The van der Waals surface area contributed by atoms with Gasteiger partial charge in [0.15, 0.2) is 5.65 Å². The summed E-state index contributed by atoms with van der Waals surface area (Å²) in [5.74, 6) is -0.294. The summed E-state index contributed by atoms with van der Waals surface area (Å²) < 4.78 is 2.89. The van der Waals surface area contributed by atoms with Gasteiger partial charge in [0.25, 0.3) is 5.56 Å². The lowest BCUT2D eigenvalue weighted by Gasteiger charge is -2.08. The number of anilines is 1. The summed E-state index contributed by atoms with van der Waals surface area (Å²) in [6, 6.07) is 17.0. The van der Waals surface area contributed by atoms with Crippen LogP contribution in [0.25, 0.3) is 16.7 Å². The fourth-order valence-corrected chi connectivity index (χ4v) is 3.33. The highest BCUT2D eigenvalue weighted by Gasteiger charge is 2.13. The number of para-hydroxylation sites is 1. The van der Waals surface area contributed by atoms with E-state index in [1.54, 1.807) is 16.4 Å². The molecule has 0 aliphatic rings. The first kappa shape index (κ1) is 18.0. The van der Waals surface area contributed by atoms with Crippen LogP contribution in [-0.4, -0.2) is 31.5 Å². The van der Waals surface area contributed by atoms with Crippen LogP contribution in [0.5, 0.6) is 0 Å². The maximum atomic E-state index is 12.7. The van der Waals surface area contributed by atoms with Crippen molar-refractivity contribution in [2.75, 3.05) is 11.6 Å². The van der Waals surface area contributed by atoms with Crippen LogP contribution in [0.15, 0.2) is 76.8 Å². The van der Waals surface area contributed by atoms with Gasteiger partial charge in [-0.3, -0.25) is 14.2 Å². The van der Waals surface area contributed by atoms with Gasteiger partial charge in [-0.25, -0.2) is 9.67 Å². The van der Waals surface area contributed by atoms with Crippen LogP contribution in [0, 0.1) is 0 Å². The lowest BCUT2D eigenvalue weighted by Crippen LogP contribution is -2.27. The molecule has 0 saturated heterocycles. The minimum Gasteiger partial charge on any atom is -0.324 e. The average molecular weight is 391 g/mol. The molecule has 2 aromatic heterocycles. The normalized spacial score (nSPS) is 10.9. The molecule has 7 nitrogen and oxygen atoms in total. The van der Waals surface area contributed by atoms with Crippen LogP contribution in [0.1, 0.15) is 0 Å². The molecule has 0 spiro atoms. The first-order valence-corrected chi connectivity index (χ1v) is 9.80. The molecular weight excluding hydrogens is 374 g/mol. The van der Waals surface area contributed by atoms with E-state index in [2.05, 4.69) is 15.4 Å². The summed E-state index contributed by atoms with van der Waals surface area (Å²) in [6.45, 7) is -0.123. The molecule has 0 bridgehead atoms. The Morgan fingerprint density at radius 2 is 1.96 bits per heavy atom. The fourth-order valence-electron chi connectivity index (χ4n) is 2.88. The Hall–Kier alpha value is -3.39. The van der Waals surface area contributed by atoms with Crippen LogP contribution < -0.4 is 10.9 Å². The maximum Gasteiger partial charge on any atom is 0.264 e. The largest absolute Gasteiger partial charge is 0.324 e. The predicted molar refractivity (Wildman–Crippen MR) is 110 cm³/mol. The number of thioether (sulfide) groups is 1. The zero-order valence-electron chi connectivity index (χ0n) is 15.1. The Bertz CT molecular complexity index is 1200. The molecule has 0 aliphatic carbocycles. The Labute approximate surface area is 165 Å². The molecule has 0 unspecified atom stereocenters. The number of aromatic nitrogens is 4. The van der Waals surface area contributed by atoms with Gasteiger partial charge in [0.05, 0.1) is 11.9 Å². The number of amides is 1. The molecule has 0 aliphatic heterocycles. The smallest absolute Gasteiger partial charge is 0.264 e. The number of nitrogens with zero attached hydrogens (tertiary/aromatic N) is 4. The zero-order valence-corrected chi connectivity index (χ0v) is 15.9. The van der Waals surface area contributed by atoms with Crippen LogP contribution in [0.3, 0.4) is 0 Å². The number of rotatable bonds is 5. The van der Waals surface area contributed by atoms with Gasteiger partial charge in [0, 0.05) is 10.6 Å². The van der Waals surface area contributed by atoms with Crippen molar-refractivity contribution in [3.8, 4) is 5.69 Å². The number of carbonyl (C=O) groups excluding carboxylic acids is 1. The van der Waals surface area contributed by atoms with Crippen molar-refractivity contribution in [1.29, 1.82) is 0 Å². The van der Waals surface area contributed by atoms with Gasteiger partial charge in [-0.05, 0) is 36.6 Å². The first-order valence-electron chi connectivity index (χ1n) is 8.58. The molecule has 2 heterocycles. The molecule has 0 fully saturated rings. The van der Waals surface area contributed by atoms with E-state index < -0.39 is 0 Å². The van der Waals surface area contributed by atoms with Crippen molar-refractivity contribution in [2.24, 2.45) is 0 Å². The number of fused-ring (bicyclic) bond motifs is 1. The molecule has 0 saturated carbocycles. The van der Waals surface area contributed by atoms with Gasteiger partial charge in [-0.1, -0.05) is 24.3 Å². The van der Waals surface area contributed by atoms with Crippen LogP contribution >= 0.6 is 11.8 Å². The second kappa shape index (κ2) is 7.69. The maximum absolute atomic E-state index is 12.7. The highest BCUT2D eigenvalue weighted by Crippen LogP contribution is 2.19. The van der Waals surface area contributed by atoms with E-state index in [1.807, 2.05) is 60.9 Å². The molecule has 0 radical (unpaired) electrons. The highest BCUT2D eigenvalue weighted by molar-refractivity contribution is 7.98. The molecule has 8 heteroatoms.